The maximum atomic E-state index is 12.1. The molecular weight excluding hydrogens is 296 g/mol. The highest BCUT2D eigenvalue weighted by Gasteiger charge is 2.23. The van der Waals surface area contributed by atoms with Crippen molar-refractivity contribution in [3.8, 4) is 5.75 Å². The minimum atomic E-state index is -4.30. The van der Waals surface area contributed by atoms with E-state index in [1.165, 1.54) is 0 Å². The molecule has 6 nitrogen and oxygen atoms in total. The molecular formula is C8H6ClF2NO5S. The minimum Gasteiger partial charge on any atom is -0.434 e. The molecule has 0 unspecified atom stereocenters. The van der Waals surface area contributed by atoms with Crippen LogP contribution in [0.2, 0.25) is 0 Å². The molecule has 1 aromatic carbocycles. The fourth-order valence-electron chi connectivity index (χ4n) is 1.23. The SMILES string of the molecule is Cc1c(OC(F)F)cc([N+](=O)[O-])cc1S(=O)(=O)Cl. The average Bonchev–Trinajstić information content (AvgIpc) is 2.18. The van der Waals surface area contributed by atoms with Crippen LogP contribution in [0.1, 0.15) is 5.56 Å². The van der Waals surface area contributed by atoms with Gasteiger partial charge in [-0.2, -0.15) is 8.78 Å². The van der Waals surface area contributed by atoms with Crippen LogP contribution < -0.4 is 4.74 Å². The third kappa shape index (κ3) is 3.26. The molecule has 0 bridgehead atoms. The molecule has 1 rings (SSSR count). The predicted molar refractivity (Wildman–Crippen MR) is 57.5 cm³/mol. The molecule has 0 aliphatic heterocycles. The summed E-state index contributed by atoms with van der Waals surface area (Å²) in [6.45, 7) is -2.09. The van der Waals surface area contributed by atoms with Gasteiger partial charge in [0.25, 0.3) is 14.7 Å². The second-order valence-electron chi connectivity index (χ2n) is 3.14. The number of benzene rings is 1. The molecule has 0 aliphatic rings. The fourth-order valence-corrected chi connectivity index (χ4v) is 2.43. The van der Waals surface area contributed by atoms with Gasteiger partial charge in [-0.25, -0.2) is 8.42 Å². The molecule has 0 spiro atoms. The first-order chi connectivity index (χ1) is 8.12. The zero-order valence-electron chi connectivity index (χ0n) is 8.76. The van der Waals surface area contributed by atoms with Crippen LogP contribution in [-0.4, -0.2) is 20.0 Å². The monoisotopic (exact) mass is 301 g/mol. The highest BCUT2D eigenvalue weighted by Crippen LogP contribution is 2.33. The van der Waals surface area contributed by atoms with Crippen LogP contribution in [0.4, 0.5) is 14.5 Å². The Balaban J connectivity index is 3.53. The van der Waals surface area contributed by atoms with Crippen molar-refractivity contribution < 1.29 is 26.9 Å². The van der Waals surface area contributed by atoms with E-state index in [0.717, 1.165) is 6.92 Å². The number of hydrogen-bond donors (Lipinski definition) is 0. The Morgan fingerprint density at radius 1 is 1.44 bits per heavy atom. The summed E-state index contributed by atoms with van der Waals surface area (Å²) >= 11 is 0. The zero-order valence-corrected chi connectivity index (χ0v) is 10.3. The number of rotatable bonds is 4. The molecule has 18 heavy (non-hydrogen) atoms. The normalized spacial score (nSPS) is 11.6. The lowest BCUT2D eigenvalue weighted by Crippen LogP contribution is -2.06. The van der Waals surface area contributed by atoms with Crippen molar-refractivity contribution in [2.45, 2.75) is 18.4 Å². The molecule has 0 saturated carbocycles. The molecule has 0 N–H and O–H groups in total. The molecule has 100 valence electrons. The van der Waals surface area contributed by atoms with E-state index in [4.69, 9.17) is 10.7 Å². The van der Waals surface area contributed by atoms with Crippen molar-refractivity contribution in [2.24, 2.45) is 0 Å². The summed E-state index contributed by atoms with van der Waals surface area (Å²) in [4.78, 5) is 8.97. The van der Waals surface area contributed by atoms with Gasteiger partial charge in [-0.3, -0.25) is 10.1 Å². The fraction of sp³-hybridized carbons (Fsp3) is 0.250. The average molecular weight is 302 g/mol. The first-order valence-electron chi connectivity index (χ1n) is 4.31. The van der Waals surface area contributed by atoms with Crippen molar-refractivity contribution in [1.82, 2.24) is 0 Å². The zero-order chi connectivity index (χ0) is 14.1. The summed E-state index contributed by atoms with van der Waals surface area (Å²) in [5, 5.41) is 10.6. The number of non-ortho nitro benzene ring substituents is 1. The molecule has 0 aromatic heterocycles. The Hall–Kier alpha value is -1.48. The Morgan fingerprint density at radius 2 is 2.00 bits per heavy atom. The van der Waals surface area contributed by atoms with E-state index >= 15 is 0 Å². The third-order valence-electron chi connectivity index (χ3n) is 1.99. The van der Waals surface area contributed by atoms with Crippen LogP contribution in [0, 0.1) is 17.0 Å². The van der Waals surface area contributed by atoms with Crippen LogP contribution in [0.3, 0.4) is 0 Å². The summed E-state index contributed by atoms with van der Waals surface area (Å²) in [6, 6.07) is 1.38. The molecule has 1 aromatic rings. The topological polar surface area (TPSA) is 86.5 Å². The molecule has 0 saturated heterocycles. The number of hydrogen-bond acceptors (Lipinski definition) is 5. The first-order valence-corrected chi connectivity index (χ1v) is 6.62. The van der Waals surface area contributed by atoms with Crippen molar-refractivity contribution >= 4 is 25.4 Å². The summed E-state index contributed by atoms with van der Waals surface area (Å²) in [5.41, 5.74) is -0.939. The summed E-state index contributed by atoms with van der Waals surface area (Å²) < 4.78 is 50.5. The van der Waals surface area contributed by atoms with Gasteiger partial charge in [0.1, 0.15) is 5.75 Å². The van der Waals surface area contributed by atoms with E-state index in [0.29, 0.717) is 12.1 Å². The van der Waals surface area contributed by atoms with Gasteiger partial charge in [-0.05, 0) is 6.92 Å². The lowest BCUT2D eigenvalue weighted by molar-refractivity contribution is -0.385. The van der Waals surface area contributed by atoms with Crippen LogP contribution in [0.15, 0.2) is 17.0 Å². The number of halogens is 3. The smallest absolute Gasteiger partial charge is 0.387 e. The van der Waals surface area contributed by atoms with Crippen LogP contribution in [0.25, 0.3) is 0 Å². The highest BCUT2D eigenvalue weighted by molar-refractivity contribution is 8.13. The summed E-state index contributed by atoms with van der Waals surface area (Å²) in [6.07, 6.45) is 0. The van der Waals surface area contributed by atoms with E-state index < -0.39 is 36.9 Å². The molecule has 0 atom stereocenters. The maximum absolute atomic E-state index is 12.1. The van der Waals surface area contributed by atoms with Crippen molar-refractivity contribution in [3.63, 3.8) is 0 Å². The van der Waals surface area contributed by atoms with Gasteiger partial charge in [0.05, 0.1) is 15.9 Å². The predicted octanol–water partition coefficient (Wildman–Crippen LogP) is 2.43. The molecule has 10 heteroatoms. The van der Waals surface area contributed by atoms with Gasteiger partial charge in [0.2, 0.25) is 0 Å². The lowest BCUT2D eigenvalue weighted by atomic mass is 10.2. The molecule has 0 aliphatic carbocycles. The van der Waals surface area contributed by atoms with Crippen LogP contribution >= 0.6 is 10.7 Å². The van der Waals surface area contributed by atoms with Gasteiger partial charge in [-0.15, -0.1) is 0 Å². The van der Waals surface area contributed by atoms with Gasteiger partial charge in [0.15, 0.2) is 0 Å². The van der Waals surface area contributed by atoms with Gasteiger partial charge >= 0.3 is 6.61 Å². The largest absolute Gasteiger partial charge is 0.434 e. The van der Waals surface area contributed by atoms with E-state index in [1.54, 1.807) is 0 Å². The third-order valence-corrected chi connectivity index (χ3v) is 3.43. The Morgan fingerprint density at radius 3 is 2.39 bits per heavy atom. The molecule has 0 heterocycles. The van der Waals surface area contributed by atoms with Gasteiger partial charge < -0.3 is 4.74 Å². The number of ether oxygens (including phenoxy) is 1. The second kappa shape index (κ2) is 5.02. The van der Waals surface area contributed by atoms with Crippen molar-refractivity contribution in [2.75, 3.05) is 0 Å². The van der Waals surface area contributed by atoms with E-state index in [-0.39, 0.29) is 5.56 Å². The van der Waals surface area contributed by atoms with Crippen molar-refractivity contribution in [3.05, 3.63) is 27.8 Å². The van der Waals surface area contributed by atoms with Crippen LogP contribution in [-0.2, 0) is 9.05 Å². The molecule has 0 fully saturated rings. The first kappa shape index (κ1) is 14.6. The van der Waals surface area contributed by atoms with Gasteiger partial charge in [0, 0.05) is 22.3 Å². The van der Waals surface area contributed by atoms with E-state index in [2.05, 4.69) is 4.74 Å². The van der Waals surface area contributed by atoms with E-state index in [9.17, 15) is 27.3 Å². The maximum Gasteiger partial charge on any atom is 0.387 e. The van der Waals surface area contributed by atoms with Crippen molar-refractivity contribution in [1.29, 1.82) is 0 Å². The number of nitrogens with zero attached hydrogens (tertiary/aromatic N) is 1. The standard InChI is InChI=1S/C8H6ClF2NO5S/c1-4-6(17-8(10)11)2-5(12(13)14)3-7(4)18(9,15)16/h2-3,8H,1H3. The Labute approximate surface area is 105 Å². The van der Waals surface area contributed by atoms with Crippen LogP contribution in [0.5, 0.6) is 5.75 Å². The quantitative estimate of drug-likeness (QED) is 0.484. The highest BCUT2D eigenvalue weighted by atomic mass is 35.7. The Kier molecular flexibility index (Phi) is 4.07. The number of nitro groups is 1. The molecule has 0 amide bonds. The number of alkyl halides is 2. The summed E-state index contributed by atoms with van der Waals surface area (Å²) in [7, 11) is 0.751. The number of nitro benzene ring substituents is 1. The second-order valence-corrected chi connectivity index (χ2v) is 5.67. The molecule has 0 radical (unpaired) electrons. The summed E-state index contributed by atoms with van der Waals surface area (Å²) in [5.74, 6) is -0.613. The van der Waals surface area contributed by atoms with E-state index in [1.807, 2.05) is 0 Å². The van der Waals surface area contributed by atoms with Gasteiger partial charge in [-0.1, -0.05) is 0 Å². The lowest BCUT2D eigenvalue weighted by Gasteiger charge is -2.10. The Bertz CT molecular complexity index is 589. The minimum absolute atomic E-state index is 0.226.